The van der Waals surface area contributed by atoms with Crippen molar-refractivity contribution in [1.29, 1.82) is 0 Å². The maximum absolute atomic E-state index is 12.9. The van der Waals surface area contributed by atoms with Gasteiger partial charge in [-0.1, -0.05) is 0 Å². The number of anilines is 1. The average molecular weight is 303 g/mol. The van der Waals surface area contributed by atoms with Gasteiger partial charge in [-0.2, -0.15) is 5.10 Å². The van der Waals surface area contributed by atoms with E-state index < -0.39 is 0 Å². The molecule has 0 N–H and O–H groups in total. The summed E-state index contributed by atoms with van der Waals surface area (Å²) in [6.45, 7) is 0. The molecule has 0 fully saturated rings. The van der Waals surface area contributed by atoms with Gasteiger partial charge in [0.05, 0.1) is 0 Å². The molecule has 3 rings (SSSR count). The predicted molar refractivity (Wildman–Crippen MR) is 76.2 cm³/mol. The number of benzene rings is 1. The zero-order valence-corrected chi connectivity index (χ0v) is 11.8. The van der Waals surface area contributed by atoms with Crippen molar-refractivity contribution in [2.45, 2.75) is 0 Å². The topological polar surface area (TPSA) is 63.9 Å². The van der Waals surface area contributed by atoms with Crippen LogP contribution in [0.5, 0.6) is 0 Å². The standard InChI is InChI=1S/C13H10FN5OS/c1-18(12(20)9-2-4-10(14)5-3-9)13-17-11(6-21-13)19-8-15-7-16-19/h2-8H,1H3. The van der Waals surface area contributed by atoms with E-state index in [-0.39, 0.29) is 11.7 Å². The lowest BCUT2D eigenvalue weighted by Gasteiger charge is -2.13. The van der Waals surface area contributed by atoms with E-state index in [1.54, 1.807) is 12.4 Å². The molecule has 0 unspecified atom stereocenters. The van der Waals surface area contributed by atoms with Crippen molar-refractivity contribution in [2.24, 2.45) is 0 Å². The molecule has 0 atom stereocenters. The minimum absolute atomic E-state index is 0.255. The van der Waals surface area contributed by atoms with Gasteiger partial charge in [0.15, 0.2) is 10.9 Å². The Morgan fingerprint density at radius 3 is 2.76 bits per heavy atom. The van der Waals surface area contributed by atoms with Crippen molar-refractivity contribution in [3.8, 4) is 5.82 Å². The van der Waals surface area contributed by atoms with Gasteiger partial charge in [0.2, 0.25) is 0 Å². The molecular weight excluding hydrogens is 293 g/mol. The highest BCUT2D eigenvalue weighted by molar-refractivity contribution is 7.14. The zero-order chi connectivity index (χ0) is 14.8. The summed E-state index contributed by atoms with van der Waals surface area (Å²) < 4.78 is 14.4. The number of thiazole rings is 1. The van der Waals surface area contributed by atoms with Gasteiger partial charge in [-0.05, 0) is 24.3 Å². The van der Waals surface area contributed by atoms with Gasteiger partial charge >= 0.3 is 0 Å². The van der Waals surface area contributed by atoms with Gasteiger partial charge in [0.1, 0.15) is 18.5 Å². The van der Waals surface area contributed by atoms with E-state index in [4.69, 9.17) is 0 Å². The highest BCUT2D eigenvalue weighted by Gasteiger charge is 2.17. The van der Waals surface area contributed by atoms with E-state index in [0.717, 1.165) is 0 Å². The molecular formula is C13H10FN5OS. The first-order valence-corrected chi connectivity index (χ1v) is 6.87. The fourth-order valence-corrected chi connectivity index (χ4v) is 2.47. The molecule has 1 amide bonds. The molecule has 2 aromatic heterocycles. The SMILES string of the molecule is CN(C(=O)c1ccc(F)cc1)c1nc(-n2cncn2)cs1. The third-order valence-electron chi connectivity index (χ3n) is 2.82. The van der Waals surface area contributed by atoms with Crippen molar-refractivity contribution < 1.29 is 9.18 Å². The lowest BCUT2D eigenvalue weighted by atomic mass is 10.2. The Hall–Kier alpha value is -2.61. The highest BCUT2D eigenvalue weighted by atomic mass is 32.1. The van der Waals surface area contributed by atoms with Crippen molar-refractivity contribution in [3.63, 3.8) is 0 Å². The predicted octanol–water partition coefficient (Wildman–Crippen LogP) is 2.14. The van der Waals surface area contributed by atoms with Crippen LogP contribution < -0.4 is 4.90 Å². The van der Waals surface area contributed by atoms with E-state index in [9.17, 15) is 9.18 Å². The number of amides is 1. The Balaban J connectivity index is 1.83. The maximum atomic E-state index is 12.9. The molecule has 0 saturated heterocycles. The molecule has 0 spiro atoms. The third kappa shape index (κ3) is 2.65. The van der Waals surface area contributed by atoms with Crippen LogP contribution in [0.25, 0.3) is 5.82 Å². The zero-order valence-electron chi connectivity index (χ0n) is 11.0. The Morgan fingerprint density at radius 1 is 1.33 bits per heavy atom. The van der Waals surface area contributed by atoms with Crippen LogP contribution in [-0.2, 0) is 0 Å². The van der Waals surface area contributed by atoms with Crippen molar-refractivity contribution in [3.05, 3.63) is 53.7 Å². The number of carbonyl (C=O) groups excluding carboxylic acids is 1. The number of aromatic nitrogens is 4. The van der Waals surface area contributed by atoms with E-state index in [2.05, 4.69) is 15.1 Å². The maximum Gasteiger partial charge on any atom is 0.259 e. The molecule has 0 bridgehead atoms. The molecule has 0 saturated carbocycles. The first-order chi connectivity index (χ1) is 10.1. The second kappa shape index (κ2) is 5.41. The fraction of sp³-hybridized carbons (Fsp3) is 0.0769. The summed E-state index contributed by atoms with van der Waals surface area (Å²) in [6.07, 6.45) is 2.94. The van der Waals surface area contributed by atoms with Crippen LogP contribution in [0.3, 0.4) is 0 Å². The monoisotopic (exact) mass is 303 g/mol. The highest BCUT2D eigenvalue weighted by Crippen LogP contribution is 2.22. The van der Waals surface area contributed by atoms with Crippen LogP contribution >= 0.6 is 11.3 Å². The van der Waals surface area contributed by atoms with E-state index >= 15 is 0 Å². The van der Waals surface area contributed by atoms with Crippen LogP contribution in [0.4, 0.5) is 9.52 Å². The first kappa shape index (κ1) is 13.4. The molecule has 106 valence electrons. The van der Waals surface area contributed by atoms with Crippen molar-refractivity contribution in [2.75, 3.05) is 11.9 Å². The Bertz CT molecular complexity index is 753. The lowest BCUT2D eigenvalue weighted by molar-refractivity contribution is 0.0993. The van der Waals surface area contributed by atoms with Gasteiger partial charge in [-0.25, -0.2) is 19.0 Å². The molecule has 21 heavy (non-hydrogen) atoms. The van der Waals surface area contributed by atoms with Gasteiger partial charge in [0.25, 0.3) is 5.91 Å². The molecule has 0 aliphatic heterocycles. The number of hydrogen-bond donors (Lipinski definition) is 0. The van der Waals surface area contributed by atoms with Gasteiger partial charge in [0, 0.05) is 18.0 Å². The van der Waals surface area contributed by atoms with Crippen LogP contribution in [0, 0.1) is 5.82 Å². The van der Waals surface area contributed by atoms with E-state index in [1.165, 1.54) is 57.8 Å². The molecule has 0 radical (unpaired) electrons. The number of halogens is 1. The quantitative estimate of drug-likeness (QED) is 0.743. The molecule has 8 heteroatoms. The molecule has 3 aromatic rings. The van der Waals surface area contributed by atoms with Crippen LogP contribution in [0.2, 0.25) is 0 Å². The second-order valence-electron chi connectivity index (χ2n) is 4.20. The van der Waals surface area contributed by atoms with Crippen LogP contribution in [0.1, 0.15) is 10.4 Å². The fourth-order valence-electron chi connectivity index (χ4n) is 1.71. The third-order valence-corrected chi connectivity index (χ3v) is 3.72. The summed E-state index contributed by atoms with van der Waals surface area (Å²) in [5.74, 6) is -0.0438. The Labute approximate surface area is 123 Å². The Morgan fingerprint density at radius 2 is 2.10 bits per heavy atom. The lowest BCUT2D eigenvalue weighted by Crippen LogP contribution is -2.26. The smallest absolute Gasteiger partial charge is 0.259 e. The molecule has 2 heterocycles. The molecule has 0 aliphatic rings. The minimum Gasteiger partial charge on any atom is -0.287 e. The summed E-state index contributed by atoms with van der Waals surface area (Å²) in [4.78, 5) is 21.9. The minimum atomic E-state index is -0.378. The van der Waals surface area contributed by atoms with Crippen LogP contribution in [0.15, 0.2) is 42.3 Å². The summed E-state index contributed by atoms with van der Waals surface area (Å²) >= 11 is 1.31. The average Bonchev–Trinajstić information content (AvgIpc) is 3.17. The molecule has 6 nitrogen and oxygen atoms in total. The number of rotatable bonds is 3. The number of hydrogen-bond acceptors (Lipinski definition) is 5. The summed E-state index contributed by atoms with van der Waals surface area (Å²) in [5.41, 5.74) is 0.399. The first-order valence-electron chi connectivity index (χ1n) is 5.99. The summed E-state index contributed by atoms with van der Waals surface area (Å²) in [7, 11) is 1.62. The number of nitrogens with zero attached hydrogens (tertiary/aromatic N) is 5. The molecule has 1 aromatic carbocycles. The van der Waals surface area contributed by atoms with Gasteiger partial charge < -0.3 is 0 Å². The van der Waals surface area contributed by atoms with E-state index in [1.807, 2.05) is 0 Å². The van der Waals surface area contributed by atoms with Crippen molar-refractivity contribution in [1.82, 2.24) is 19.7 Å². The summed E-state index contributed by atoms with van der Waals surface area (Å²) in [5, 5.41) is 6.28. The van der Waals surface area contributed by atoms with Crippen molar-refractivity contribution >= 4 is 22.4 Å². The van der Waals surface area contributed by atoms with Gasteiger partial charge in [-0.3, -0.25) is 9.69 Å². The normalized spacial score (nSPS) is 10.6. The van der Waals surface area contributed by atoms with Gasteiger partial charge in [-0.15, -0.1) is 11.3 Å². The summed E-state index contributed by atoms with van der Waals surface area (Å²) in [6, 6.07) is 5.40. The number of carbonyl (C=O) groups is 1. The molecule has 0 aliphatic carbocycles. The Kier molecular flexibility index (Phi) is 3.44. The largest absolute Gasteiger partial charge is 0.287 e. The second-order valence-corrected chi connectivity index (χ2v) is 5.04. The van der Waals surface area contributed by atoms with Crippen LogP contribution in [-0.4, -0.2) is 32.7 Å². The van der Waals surface area contributed by atoms with E-state index in [0.29, 0.717) is 16.5 Å².